The van der Waals surface area contributed by atoms with Gasteiger partial charge in [-0.3, -0.25) is 4.79 Å². The minimum atomic E-state index is -3.54. The summed E-state index contributed by atoms with van der Waals surface area (Å²) in [6.07, 6.45) is 2.77. The van der Waals surface area contributed by atoms with Gasteiger partial charge in [-0.05, 0) is 68.3 Å². The van der Waals surface area contributed by atoms with Crippen LogP contribution >= 0.6 is 0 Å². The normalized spacial score (nSPS) is 17.9. The average Bonchev–Trinajstić information content (AvgIpc) is 2.68. The topological polar surface area (TPSA) is 75.7 Å². The third-order valence-corrected chi connectivity index (χ3v) is 6.70. The zero-order valence-corrected chi connectivity index (χ0v) is 16.4. The molecule has 0 spiro atoms. The third-order valence-electron chi connectivity index (χ3n) is 4.67. The molecule has 2 aromatic rings. The highest BCUT2D eigenvalue weighted by atomic mass is 32.2. The Morgan fingerprint density at radius 1 is 1.14 bits per heavy atom. The van der Waals surface area contributed by atoms with Crippen molar-refractivity contribution in [3.05, 3.63) is 54.3 Å². The number of ether oxygens (including phenoxy) is 1. The molecule has 1 aliphatic heterocycles. The third kappa shape index (κ3) is 4.88. The standard InChI is InChI=1S/C20H23FN2O4S/c1-15-4-2-3-13-23(15)28(25,26)19-11-7-17(8-12-19)22-20(24)14-27-18-9-5-16(21)6-10-18/h5-12,15H,2-4,13-14H2,1H3,(H,22,24)/t15-/m1/s1. The molecule has 1 heterocycles. The highest BCUT2D eigenvalue weighted by Crippen LogP contribution is 2.25. The number of rotatable bonds is 6. The molecule has 1 fully saturated rings. The maximum Gasteiger partial charge on any atom is 0.262 e. The zero-order valence-electron chi connectivity index (χ0n) is 15.6. The van der Waals surface area contributed by atoms with E-state index < -0.39 is 15.9 Å². The van der Waals surface area contributed by atoms with Gasteiger partial charge in [0.2, 0.25) is 10.0 Å². The number of halogens is 1. The zero-order chi connectivity index (χ0) is 20.1. The van der Waals surface area contributed by atoms with Crippen molar-refractivity contribution in [2.24, 2.45) is 0 Å². The predicted octanol–water partition coefficient (Wildman–Crippen LogP) is 3.41. The fourth-order valence-corrected chi connectivity index (χ4v) is 4.85. The van der Waals surface area contributed by atoms with Crippen LogP contribution in [0.5, 0.6) is 5.75 Å². The minimum absolute atomic E-state index is 0.0123. The first-order valence-corrected chi connectivity index (χ1v) is 10.6. The summed E-state index contributed by atoms with van der Waals surface area (Å²) in [6, 6.07) is 11.4. The molecule has 0 aliphatic carbocycles. The van der Waals surface area contributed by atoms with Gasteiger partial charge >= 0.3 is 0 Å². The summed E-state index contributed by atoms with van der Waals surface area (Å²) in [5.74, 6) is -0.399. The van der Waals surface area contributed by atoms with E-state index in [9.17, 15) is 17.6 Å². The van der Waals surface area contributed by atoms with Gasteiger partial charge in [0.25, 0.3) is 5.91 Å². The van der Waals surface area contributed by atoms with E-state index in [1.165, 1.54) is 36.4 Å². The number of anilines is 1. The van der Waals surface area contributed by atoms with Gasteiger partial charge in [0.1, 0.15) is 11.6 Å². The van der Waals surface area contributed by atoms with Crippen molar-refractivity contribution in [1.82, 2.24) is 4.31 Å². The monoisotopic (exact) mass is 406 g/mol. The van der Waals surface area contributed by atoms with E-state index in [1.807, 2.05) is 6.92 Å². The maximum atomic E-state index is 12.8. The highest BCUT2D eigenvalue weighted by Gasteiger charge is 2.30. The van der Waals surface area contributed by atoms with Crippen LogP contribution in [0.3, 0.4) is 0 Å². The Morgan fingerprint density at radius 2 is 1.82 bits per heavy atom. The van der Waals surface area contributed by atoms with E-state index in [4.69, 9.17) is 4.74 Å². The molecule has 0 radical (unpaired) electrons. The summed E-state index contributed by atoms with van der Waals surface area (Å²) in [6.45, 7) is 2.21. The maximum absolute atomic E-state index is 12.8. The van der Waals surface area contributed by atoms with Crippen molar-refractivity contribution < 1.29 is 22.3 Å². The van der Waals surface area contributed by atoms with Crippen molar-refractivity contribution in [2.75, 3.05) is 18.5 Å². The van der Waals surface area contributed by atoms with Crippen LogP contribution in [0.25, 0.3) is 0 Å². The van der Waals surface area contributed by atoms with Crippen LogP contribution in [0, 0.1) is 5.82 Å². The summed E-state index contributed by atoms with van der Waals surface area (Å²) >= 11 is 0. The number of benzene rings is 2. The Bertz CT molecular complexity index is 914. The predicted molar refractivity (Wildman–Crippen MR) is 104 cm³/mol. The van der Waals surface area contributed by atoms with E-state index in [0.29, 0.717) is 18.0 Å². The number of nitrogens with zero attached hydrogens (tertiary/aromatic N) is 1. The van der Waals surface area contributed by atoms with Crippen molar-refractivity contribution >= 4 is 21.6 Å². The number of hydrogen-bond acceptors (Lipinski definition) is 4. The number of sulfonamides is 1. The van der Waals surface area contributed by atoms with E-state index in [2.05, 4.69) is 5.32 Å². The van der Waals surface area contributed by atoms with Gasteiger partial charge in [-0.1, -0.05) is 6.42 Å². The van der Waals surface area contributed by atoms with Crippen LogP contribution in [-0.4, -0.2) is 37.8 Å². The Kier molecular flexibility index (Phi) is 6.31. The summed E-state index contributed by atoms with van der Waals surface area (Å²) in [4.78, 5) is 12.2. The second-order valence-corrected chi connectivity index (χ2v) is 8.67. The van der Waals surface area contributed by atoms with Crippen molar-refractivity contribution in [1.29, 1.82) is 0 Å². The molecule has 0 saturated carbocycles. The number of amides is 1. The molecule has 1 aliphatic rings. The van der Waals surface area contributed by atoms with Crippen molar-refractivity contribution in [3.63, 3.8) is 0 Å². The summed E-state index contributed by atoms with van der Waals surface area (Å²) < 4.78 is 45.3. The van der Waals surface area contributed by atoms with E-state index in [-0.39, 0.29) is 23.4 Å². The van der Waals surface area contributed by atoms with Crippen LogP contribution < -0.4 is 10.1 Å². The Hall–Kier alpha value is -2.45. The summed E-state index contributed by atoms with van der Waals surface area (Å²) in [7, 11) is -3.54. The van der Waals surface area contributed by atoms with Gasteiger partial charge in [0, 0.05) is 18.3 Å². The van der Waals surface area contributed by atoms with Crippen LogP contribution in [0.15, 0.2) is 53.4 Å². The number of carbonyl (C=O) groups excluding carboxylic acids is 1. The fraction of sp³-hybridized carbons (Fsp3) is 0.350. The molecular weight excluding hydrogens is 383 g/mol. The summed E-state index contributed by atoms with van der Waals surface area (Å²) in [5.41, 5.74) is 0.471. The molecule has 1 N–H and O–H groups in total. The van der Waals surface area contributed by atoms with Gasteiger partial charge in [-0.25, -0.2) is 12.8 Å². The van der Waals surface area contributed by atoms with E-state index in [1.54, 1.807) is 16.4 Å². The number of piperidine rings is 1. The molecular formula is C20H23FN2O4S. The molecule has 3 rings (SSSR count). The fourth-order valence-electron chi connectivity index (χ4n) is 3.15. The second-order valence-electron chi connectivity index (χ2n) is 6.78. The molecule has 2 aromatic carbocycles. The average molecular weight is 406 g/mol. The van der Waals surface area contributed by atoms with Crippen LogP contribution in [-0.2, 0) is 14.8 Å². The Labute approximate surface area is 164 Å². The first-order valence-electron chi connectivity index (χ1n) is 9.16. The molecule has 0 aromatic heterocycles. The SMILES string of the molecule is C[C@@H]1CCCCN1S(=O)(=O)c1ccc(NC(=O)COc2ccc(F)cc2)cc1. The smallest absolute Gasteiger partial charge is 0.262 e. The summed E-state index contributed by atoms with van der Waals surface area (Å²) in [5, 5.41) is 2.64. The lowest BCUT2D eigenvalue weighted by Crippen LogP contribution is -2.41. The molecule has 1 saturated heterocycles. The van der Waals surface area contributed by atoms with E-state index >= 15 is 0 Å². The molecule has 0 unspecified atom stereocenters. The lowest BCUT2D eigenvalue weighted by molar-refractivity contribution is -0.118. The quantitative estimate of drug-likeness (QED) is 0.798. The minimum Gasteiger partial charge on any atom is -0.484 e. The lowest BCUT2D eigenvalue weighted by atomic mass is 10.1. The molecule has 150 valence electrons. The second kappa shape index (κ2) is 8.70. The van der Waals surface area contributed by atoms with Gasteiger partial charge in [0.05, 0.1) is 4.90 Å². The lowest BCUT2D eigenvalue weighted by Gasteiger charge is -2.32. The van der Waals surface area contributed by atoms with E-state index in [0.717, 1.165) is 19.3 Å². The molecule has 1 amide bonds. The van der Waals surface area contributed by atoms with Gasteiger partial charge < -0.3 is 10.1 Å². The van der Waals surface area contributed by atoms with Crippen molar-refractivity contribution in [3.8, 4) is 5.75 Å². The molecule has 8 heteroatoms. The van der Waals surface area contributed by atoms with Gasteiger partial charge in [-0.2, -0.15) is 4.31 Å². The molecule has 1 atom stereocenters. The Morgan fingerprint density at radius 3 is 2.46 bits per heavy atom. The van der Waals surface area contributed by atoms with Gasteiger partial charge in [-0.15, -0.1) is 0 Å². The highest BCUT2D eigenvalue weighted by molar-refractivity contribution is 7.89. The molecule has 0 bridgehead atoms. The number of carbonyl (C=O) groups is 1. The molecule has 28 heavy (non-hydrogen) atoms. The van der Waals surface area contributed by atoms with Crippen LogP contribution in [0.1, 0.15) is 26.2 Å². The largest absolute Gasteiger partial charge is 0.484 e. The number of nitrogens with one attached hydrogen (secondary N) is 1. The van der Waals surface area contributed by atoms with Crippen molar-refractivity contribution in [2.45, 2.75) is 37.1 Å². The van der Waals surface area contributed by atoms with Gasteiger partial charge in [0.15, 0.2) is 6.61 Å². The van der Waals surface area contributed by atoms with Crippen LogP contribution in [0.4, 0.5) is 10.1 Å². The first-order chi connectivity index (χ1) is 13.4. The molecule has 6 nitrogen and oxygen atoms in total. The first kappa shape index (κ1) is 20.3. The number of hydrogen-bond donors (Lipinski definition) is 1. The van der Waals surface area contributed by atoms with Crippen LogP contribution in [0.2, 0.25) is 0 Å². The Balaban J connectivity index is 1.59.